The van der Waals surface area contributed by atoms with E-state index >= 15 is 0 Å². The van der Waals surface area contributed by atoms with Crippen LogP contribution in [-0.2, 0) is 0 Å². The highest BCUT2D eigenvalue weighted by atomic mass is 79.9. The first kappa shape index (κ1) is 33.9. The summed E-state index contributed by atoms with van der Waals surface area (Å²) in [5.41, 5.74) is 0. The summed E-state index contributed by atoms with van der Waals surface area (Å²) < 4.78 is 2.37. The van der Waals surface area contributed by atoms with E-state index in [0.29, 0.717) is 9.90 Å². The van der Waals surface area contributed by atoms with Gasteiger partial charge >= 0.3 is 0 Å². The Morgan fingerprint density at radius 1 is 0.455 bits per heavy atom. The summed E-state index contributed by atoms with van der Waals surface area (Å²) >= 11 is 7.98. The summed E-state index contributed by atoms with van der Waals surface area (Å²) in [6.07, 6.45) is 23.9. The second-order valence-electron chi connectivity index (χ2n) is 11.1. The van der Waals surface area contributed by atoms with Crippen molar-refractivity contribution in [2.24, 2.45) is 0 Å². The van der Waals surface area contributed by atoms with Crippen LogP contribution in [0.15, 0.2) is 0 Å². The highest BCUT2D eigenvalue weighted by Gasteiger charge is 2.28. The van der Waals surface area contributed by atoms with E-state index in [1.165, 1.54) is 144 Å². The van der Waals surface area contributed by atoms with Crippen LogP contribution < -0.4 is 0 Å². The van der Waals surface area contributed by atoms with Gasteiger partial charge in [0.15, 0.2) is 0 Å². The second-order valence-corrected chi connectivity index (χ2v) is 13.2. The molecule has 0 bridgehead atoms. The average molecular weight is 599 g/mol. The minimum absolute atomic E-state index is 0.639. The number of unbranched alkanes of at least 4 members (excludes halogenated alkanes) is 12. The van der Waals surface area contributed by atoms with Gasteiger partial charge in [-0.2, -0.15) is 0 Å². The molecule has 0 rings (SSSR count). The normalized spacial score (nSPS) is 17.5. The minimum Gasteiger partial charge on any atom is -0.315 e. The van der Waals surface area contributed by atoms with Crippen LogP contribution in [0.3, 0.4) is 0 Å². The van der Waals surface area contributed by atoms with Gasteiger partial charge in [-0.05, 0) is 71.4 Å². The summed E-state index contributed by atoms with van der Waals surface area (Å²) in [6, 6.07) is 0. The van der Waals surface area contributed by atoms with Gasteiger partial charge in [-0.3, -0.25) is 0 Å². The molecule has 0 aromatic heterocycles. The number of alkyl halides is 2. The first-order valence-electron chi connectivity index (χ1n) is 14.8. The van der Waals surface area contributed by atoms with Crippen LogP contribution in [0.2, 0.25) is 0 Å². The predicted octanol–water partition coefficient (Wildman–Crippen LogP) is 10.0. The maximum absolute atomic E-state index is 3.99. The van der Waals surface area contributed by atoms with Crippen molar-refractivity contribution in [1.29, 1.82) is 0 Å². The first-order valence-corrected chi connectivity index (χ1v) is 16.6. The number of rotatable bonds is 24. The van der Waals surface area contributed by atoms with Crippen LogP contribution >= 0.6 is 31.9 Å². The third kappa shape index (κ3) is 15.6. The van der Waals surface area contributed by atoms with Crippen LogP contribution in [0.4, 0.5) is 0 Å². The van der Waals surface area contributed by atoms with Crippen molar-refractivity contribution >= 4 is 31.9 Å². The van der Waals surface area contributed by atoms with Gasteiger partial charge in [-0.15, -0.1) is 0 Å². The maximum Gasteiger partial charge on any atom is 0.144 e. The van der Waals surface area contributed by atoms with E-state index in [4.69, 9.17) is 0 Å². The molecule has 0 saturated heterocycles. The number of nitrogens with zero attached hydrogens (tertiary/aromatic N) is 2. The number of halogens is 2. The number of quaternary nitrogens is 2. The molecule has 4 atom stereocenters. The quantitative estimate of drug-likeness (QED) is 0.0449. The van der Waals surface area contributed by atoms with Gasteiger partial charge in [0.1, 0.15) is 9.90 Å². The molecule has 4 heteroatoms. The van der Waals surface area contributed by atoms with Gasteiger partial charge in [-0.1, -0.05) is 84.5 Å². The summed E-state index contributed by atoms with van der Waals surface area (Å²) in [5, 5.41) is 0. The summed E-state index contributed by atoms with van der Waals surface area (Å²) in [7, 11) is 4.83. The fraction of sp³-hybridized carbons (Fsp3) is 1.00. The van der Waals surface area contributed by atoms with Crippen molar-refractivity contribution in [2.45, 2.75) is 147 Å². The topological polar surface area (TPSA) is 0 Å². The third-order valence-electron chi connectivity index (χ3n) is 8.15. The molecule has 0 aromatic carbocycles. The molecule has 0 radical (unpaired) electrons. The lowest BCUT2D eigenvalue weighted by Crippen LogP contribution is -2.49. The lowest BCUT2D eigenvalue weighted by atomic mass is 10.0. The van der Waals surface area contributed by atoms with Crippen molar-refractivity contribution < 1.29 is 8.97 Å². The molecule has 0 N–H and O–H groups in total. The van der Waals surface area contributed by atoms with Crippen LogP contribution in [0, 0.1) is 0 Å². The highest BCUT2D eigenvalue weighted by molar-refractivity contribution is 9.09. The molecule has 0 aromatic rings. The molecule has 2 nitrogen and oxygen atoms in total. The van der Waals surface area contributed by atoms with Gasteiger partial charge < -0.3 is 8.97 Å². The molecule has 0 amide bonds. The molecule has 0 fully saturated rings. The van der Waals surface area contributed by atoms with E-state index in [0.717, 1.165) is 0 Å². The second kappa shape index (κ2) is 21.0. The van der Waals surface area contributed by atoms with Gasteiger partial charge in [0, 0.05) is 12.8 Å². The van der Waals surface area contributed by atoms with Crippen LogP contribution in [0.1, 0.15) is 137 Å². The Labute approximate surface area is 227 Å². The fourth-order valence-corrected chi connectivity index (χ4v) is 6.84. The predicted molar refractivity (Wildman–Crippen MR) is 158 cm³/mol. The van der Waals surface area contributed by atoms with Gasteiger partial charge in [0.2, 0.25) is 0 Å². The Kier molecular flexibility index (Phi) is 21.6. The Morgan fingerprint density at radius 3 is 0.909 bits per heavy atom. The van der Waals surface area contributed by atoms with E-state index in [-0.39, 0.29) is 0 Å². The lowest BCUT2D eigenvalue weighted by Gasteiger charge is -2.38. The average Bonchev–Trinajstić information content (AvgIpc) is 2.81. The molecule has 0 spiro atoms. The molecule has 33 heavy (non-hydrogen) atoms. The molecule has 0 aliphatic heterocycles. The zero-order valence-electron chi connectivity index (χ0n) is 23.7. The SMILES string of the molecule is CCC[N+](C)(CC)C(Br)CCCCCCCCCCCCCCCC(Br)[N+](C)(CC)CCC. The number of hydrogen-bond donors (Lipinski definition) is 0. The monoisotopic (exact) mass is 596 g/mol. The molecule has 200 valence electrons. The van der Waals surface area contributed by atoms with Crippen LogP contribution in [0.5, 0.6) is 0 Å². The molecular formula is C29H62Br2N2+2. The smallest absolute Gasteiger partial charge is 0.144 e. The van der Waals surface area contributed by atoms with Crippen molar-refractivity contribution in [3.8, 4) is 0 Å². The molecule has 0 aliphatic rings. The zero-order valence-corrected chi connectivity index (χ0v) is 26.8. The number of hydrogen-bond acceptors (Lipinski definition) is 0. The highest BCUT2D eigenvalue weighted by Crippen LogP contribution is 2.24. The van der Waals surface area contributed by atoms with E-state index in [9.17, 15) is 0 Å². The van der Waals surface area contributed by atoms with Gasteiger partial charge in [0.05, 0.1) is 40.3 Å². The Bertz CT molecular complexity index is 396. The maximum atomic E-state index is 3.99. The van der Waals surface area contributed by atoms with Crippen LogP contribution in [0.25, 0.3) is 0 Å². The van der Waals surface area contributed by atoms with E-state index < -0.39 is 0 Å². The molecule has 0 aliphatic carbocycles. The first-order chi connectivity index (χ1) is 15.8. The molecule has 0 saturated carbocycles. The summed E-state index contributed by atoms with van der Waals surface area (Å²) in [5.74, 6) is 0. The van der Waals surface area contributed by atoms with Crippen LogP contribution in [-0.4, -0.2) is 59.1 Å². The molecule has 0 heterocycles. The Balaban J connectivity index is 3.50. The standard InChI is InChI=1S/C29H62Br2N2/c1-7-26-32(5,9-3)28(30)24-22-20-18-16-14-12-11-13-15-17-19-21-23-25-29(31)33(6,10-4)27-8-2/h28-29H,7-27H2,1-6H3/q+2. The Hall–Kier alpha value is 0.880. The van der Waals surface area contributed by atoms with Gasteiger partial charge in [0.25, 0.3) is 0 Å². The van der Waals surface area contributed by atoms with Crippen molar-refractivity contribution in [3.05, 3.63) is 0 Å². The lowest BCUT2D eigenvalue weighted by molar-refractivity contribution is -0.916. The fourth-order valence-electron chi connectivity index (χ4n) is 5.21. The van der Waals surface area contributed by atoms with Gasteiger partial charge in [-0.25, -0.2) is 0 Å². The largest absolute Gasteiger partial charge is 0.315 e. The third-order valence-corrected chi connectivity index (χ3v) is 11.0. The zero-order chi connectivity index (χ0) is 25.0. The van der Waals surface area contributed by atoms with Crippen molar-refractivity contribution in [1.82, 2.24) is 0 Å². The summed E-state index contributed by atoms with van der Waals surface area (Å²) in [6.45, 7) is 14.3. The minimum atomic E-state index is 0.639. The van der Waals surface area contributed by atoms with Crippen molar-refractivity contribution in [3.63, 3.8) is 0 Å². The van der Waals surface area contributed by atoms with E-state index in [2.05, 4.69) is 73.7 Å². The van der Waals surface area contributed by atoms with E-state index in [1.807, 2.05) is 0 Å². The van der Waals surface area contributed by atoms with E-state index in [1.54, 1.807) is 0 Å². The Morgan fingerprint density at radius 2 is 0.697 bits per heavy atom. The summed E-state index contributed by atoms with van der Waals surface area (Å²) in [4.78, 5) is 1.28. The molecular weight excluding hydrogens is 536 g/mol. The molecule has 4 unspecified atom stereocenters. The van der Waals surface area contributed by atoms with Crippen molar-refractivity contribution in [2.75, 3.05) is 40.3 Å².